The van der Waals surface area contributed by atoms with Crippen molar-refractivity contribution in [2.24, 2.45) is 0 Å². The first-order valence-electron chi connectivity index (χ1n) is 6.29. The molecule has 20 heavy (non-hydrogen) atoms. The van der Waals surface area contributed by atoms with E-state index in [4.69, 9.17) is 4.74 Å². The SMILES string of the molecule is CCOC(=O)c1nc2ccccc2cc1S(=O)(=O)CC. The Morgan fingerprint density at radius 3 is 2.60 bits per heavy atom. The van der Waals surface area contributed by atoms with Crippen LogP contribution in [0, 0.1) is 0 Å². The highest BCUT2D eigenvalue weighted by atomic mass is 32.2. The van der Waals surface area contributed by atoms with E-state index in [0.29, 0.717) is 10.9 Å². The summed E-state index contributed by atoms with van der Waals surface area (Å²) in [4.78, 5) is 16.0. The van der Waals surface area contributed by atoms with Gasteiger partial charge in [0.05, 0.1) is 17.9 Å². The number of ether oxygens (including phenoxy) is 1. The number of carbonyl (C=O) groups excluding carboxylic acids is 1. The standard InChI is InChI=1S/C14H15NO4S/c1-3-19-14(16)13-12(20(17,18)4-2)9-10-7-5-6-8-11(10)15-13/h5-9H,3-4H2,1-2H3. The first-order valence-corrected chi connectivity index (χ1v) is 7.94. The Morgan fingerprint density at radius 2 is 1.95 bits per heavy atom. The van der Waals surface area contributed by atoms with E-state index in [1.165, 1.54) is 13.0 Å². The summed E-state index contributed by atoms with van der Waals surface area (Å²) in [7, 11) is -3.55. The Morgan fingerprint density at radius 1 is 1.25 bits per heavy atom. The van der Waals surface area contributed by atoms with Gasteiger partial charge in [-0.1, -0.05) is 25.1 Å². The van der Waals surface area contributed by atoms with Crippen LogP contribution in [-0.2, 0) is 14.6 Å². The largest absolute Gasteiger partial charge is 0.461 e. The summed E-state index contributed by atoms with van der Waals surface area (Å²) in [5.41, 5.74) is 0.415. The van der Waals surface area contributed by atoms with Gasteiger partial charge in [-0.25, -0.2) is 18.2 Å². The van der Waals surface area contributed by atoms with E-state index in [-0.39, 0.29) is 22.9 Å². The van der Waals surface area contributed by atoms with E-state index >= 15 is 0 Å². The molecule has 0 saturated carbocycles. The maximum absolute atomic E-state index is 12.1. The summed E-state index contributed by atoms with van der Waals surface area (Å²) >= 11 is 0. The molecule has 106 valence electrons. The maximum atomic E-state index is 12.1. The lowest BCUT2D eigenvalue weighted by Gasteiger charge is -2.09. The van der Waals surface area contributed by atoms with Gasteiger partial charge >= 0.3 is 5.97 Å². The highest BCUT2D eigenvalue weighted by Crippen LogP contribution is 2.22. The molecule has 5 nitrogen and oxygen atoms in total. The van der Waals surface area contributed by atoms with Crippen LogP contribution in [0.5, 0.6) is 0 Å². The monoisotopic (exact) mass is 293 g/mol. The fourth-order valence-corrected chi connectivity index (χ4v) is 2.88. The number of rotatable bonds is 4. The first-order chi connectivity index (χ1) is 9.49. The van der Waals surface area contributed by atoms with Crippen molar-refractivity contribution in [1.82, 2.24) is 4.98 Å². The van der Waals surface area contributed by atoms with E-state index in [1.807, 2.05) is 0 Å². The third-order valence-electron chi connectivity index (χ3n) is 2.87. The summed E-state index contributed by atoms with van der Waals surface area (Å²) in [5.74, 6) is -0.815. The molecule has 1 aromatic carbocycles. The molecule has 6 heteroatoms. The van der Waals surface area contributed by atoms with Crippen molar-refractivity contribution in [3.8, 4) is 0 Å². The highest BCUT2D eigenvalue weighted by Gasteiger charge is 2.24. The lowest BCUT2D eigenvalue weighted by molar-refractivity contribution is 0.0515. The zero-order valence-corrected chi connectivity index (χ0v) is 12.1. The van der Waals surface area contributed by atoms with Crippen molar-refractivity contribution in [3.63, 3.8) is 0 Å². The van der Waals surface area contributed by atoms with Crippen molar-refractivity contribution in [2.45, 2.75) is 18.7 Å². The molecule has 2 aromatic rings. The third-order valence-corrected chi connectivity index (χ3v) is 4.61. The second-order valence-electron chi connectivity index (χ2n) is 4.15. The van der Waals surface area contributed by atoms with Gasteiger partial charge in [0, 0.05) is 5.39 Å². The number of fused-ring (bicyclic) bond motifs is 1. The molecule has 1 heterocycles. The fraction of sp³-hybridized carbons (Fsp3) is 0.286. The predicted octanol–water partition coefficient (Wildman–Crippen LogP) is 2.21. The van der Waals surface area contributed by atoms with Gasteiger partial charge in [-0.15, -0.1) is 0 Å². The lowest BCUT2D eigenvalue weighted by atomic mass is 10.2. The van der Waals surface area contributed by atoms with Crippen LogP contribution in [0.1, 0.15) is 24.3 Å². The van der Waals surface area contributed by atoms with Crippen LogP contribution < -0.4 is 0 Å². The minimum absolute atomic E-state index is 0.0721. The number of benzene rings is 1. The molecule has 0 amide bonds. The summed E-state index contributed by atoms with van der Waals surface area (Å²) < 4.78 is 29.1. The summed E-state index contributed by atoms with van der Waals surface area (Å²) in [5, 5.41) is 0.674. The predicted molar refractivity (Wildman–Crippen MR) is 75.4 cm³/mol. The minimum Gasteiger partial charge on any atom is -0.461 e. The molecule has 2 rings (SSSR count). The van der Waals surface area contributed by atoms with Crippen LogP contribution in [0.25, 0.3) is 10.9 Å². The number of nitrogens with zero attached hydrogens (tertiary/aromatic N) is 1. The molecular weight excluding hydrogens is 278 g/mol. The molecule has 0 atom stereocenters. The minimum atomic E-state index is -3.55. The van der Waals surface area contributed by atoms with Gasteiger partial charge in [-0.05, 0) is 19.1 Å². The number of aromatic nitrogens is 1. The van der Waals surface area contributed by atoms with Crippen molar-refractivity contribution < 1.29 is 17.9 Å². The molecule has 0 spiro atoms. The Hall–Kier alpha value is -1.95. The van der Waals surface area contributed by atoms with Gasteiger partial charge in [-0.2, -0.15) is 0 Å². The molecule has 0 aliphatic heterocycles. The zero-order valence-electron chi connectivity index (χ0n) is 11.3. The number of para-hydroxylation sites is 1. The number of sulfone groups is 1. The van der Waals surface area contributed by atoms with Crippen LogP contribution >= 0.6 is 0 Å². The molecule has 0 N–H and O–H groups in total. The fourth-order valence-electron chi connectivity index (χ4n) is 1.83. The molecule has 0 bridgehead atoms. The average Bonchev–Trinajstić information content (AvgIpc) is 2.46. The Balaban J connectivity index is 2.75. The zero-order chi connectivity index (χ0) is 14.8. The van der Waals surface area contributed by atoms with Crippen LogP contribution in [0.15, 0.2) is 35.2 Å². The van der Waals surface area contributed by atoms with E-state index in [0.717, 1.165) is 0 Å². The Bertz CT molecular complexity index is 753. The molecule has 0 aliphatic rings. The van der Waals surface area contributed by atoms with Gasteiger partial charge in [0.1, 0.15) is 4.90 Å². The van der Waals surface area contributed by atoms with Crippen molar-refractivity contribution >= 4 is 26.7 Å². The van der Waals surface area contributed by atoms with Gasteiger partial charge in [0.25, 0.3) is 0 Å². The molecule has 0 unspecified atom stereocenters. The Kier molecular flexibility index (Phi) is 4.04. The van der Waals surface area contributed by atoms with Gasteiger partial charge in [-0.3, -0.25) is 0 Å². The third kappa shape index (κ3) is 2.65. The molecule has 0 saturated heterocycles. The quantitative estimate of drug-likeness (QED) is 0.808. The summed E-state index contributed by atoms with van der Waals surface area (Å²) in [6, 6.07) is 8.52. The Labute approximate surface area is 117 Å². The van der Waals surface area contributed by atoms with E-state index in [1.54, 1.807) is 31.2 Å². The number of carbonyl (C=O) groups is 1. The van der Waals surface area contributed by atoms with Crippen molar-refractivity contribution in [2.75, 3.05) is 12.4 Å². The van der Waals surface area contributed by atoms with Crippen LogP contribution in [0.3, 0.4) is 0 Å². The number of pyridine rings is 1. The highest BCUT2D eigenvalue weighted by molar-refractivity contribution is 7.91. The molecular formula is C14H15NO4S. The number of hydrogen-bond acceptors (Lipinski definition) is 5. The average molecular weight is 293 g/mol. The van der Waals surface area contributed by atoms with Crippen LogP contribution in [0.2, 0.25) is 0 Å². The topological polar surface area (TPSA) is 73.3 Å². The van der Waals surface area contributed by atoms with Crippen LogP contribution in [-0.4, -0.2) is 31.7 Å². The van der Waals surface area contributed by atoms with Crippen LogP contribution in [0.4, 0.5) is 0 Å². The van der Waals surface area contributed by atoms with E-state index < -0.39 is 15.8 Å². The maximum Gasteiger partial charge on any atom is 0.358 e. The molecule has 1 aromatic heterocycles. The van der Waals surface area contributed by atoms with Crippen molar-refractivity contribution in [3.05, 3.63) is 36.0 Å². The van der Waals surface area contributed by atoms with E-state index in [2.05, 4.69) is 4.98 Å². The summed E-state index contributed by atoms with van der Waals surface area (Å²) in [6.45, 7) is 3.35. The summed E-state index contributed by atoms with van der Waals surface area (Å²) in [6.07, 6.45) is 0. The second-order valence-corrected chi connectivity index (χ2v) is 6.40. The molecule has 0 aliphatic carbocycles. The number of esters is 1. The normalized spacial score (nSPS) is 11.5. The number of hydrogen-bond donors (Lipinski definition) is 0. The second kappa shape index (κ2) is 5.58. The van der Waals surface area contributed by atoms with Gasteiger partial charge in [0.15, 0.2) is 15.5 Å². The van der Waals surface area contributed by atoms with Crippen molar-refractivity contribution in [1.29, 1.82) is 0 Å². The van der Waals surface area contributed by atoms with E-state index in [9.17, 15) is 13.2 Å². The molecule has 0 radical (unpaired) electrons. The van der Waals surface area contributed by atoms with Gasteiger partial charge in [0.2, 0.25) is 0 Å². The lowest BCUT2D eigenvalue weighted by Crippen LogP contribution is -2.15. The van der Waals surface area contributed by atoms with Gasteiger partial charge < -0.3 is 4.74 Å². The smallest absolute Gasteiger partial charge is 0.358 e. The first kappa shape index (κ1) is 14.5. The molecule has 0 fully saturated rings.